The number of carbonyl (C=O) groups excluding carboxylic acids is 2. The van der Waals surface area contributed by atoms with Gasteiger partial charge in [0, 0.05) is 49.2 Å². The highest BCUT2D eigenvalue weighted by molar-refractivity contribution is 5.97. The predicted octanol–water partition coefficient (Wildman–Crippen LogP) is 5.92. The van der Waals surface area contributed by atoms with E-state index < -0.39 is 0 Å². The lowest BCUT2D eigenvalue weighted by Gasteiger charge is -2.29. The fraction of sp³-hybridized carbons (Fsp3) is 0.433. The molecule has 2 aliphatic rings. The fourth-order valence-corrected chi connectivity index (χ4v) is 5.13. The Morgan fingerprint density at radius 3 is 2.36 bits per heavy atom. The first kappa shape index (κ1) is 24.3. The number of rotatable bonds is 3. The monoisotopic (exact) mass is 484 g/mol. The Bertz CT molecular complexity index is 1200. The van der Waals surface area contributed by atoms with E-state index in [9.17, 15) is 9.59 Å². The molecule has 2 aromatic carbocycles. The highest BCUT2D eigenvalue weighted by atomic mass is 16.2. The lowest BCUT2D eigenvalue weighted by Crippen LogP contribution is -2.36. The van der Waals surface area contributed by atoms with Crippen LogP contribution in [0.15, 0.2) is 60.9 Å². The number of anilines is 1. The maximum atomic E-state index is 13.9. The van der Waals surface area contributed by atoms with Crippen LogP contribution in [0.5, 0.6) is 0 Å². The number of nitrogens with zero attached hydrogens (tertiary/aromatic N) is 4. The molecule has 0 bridgehead atoms. The van der Waals surface area contributed by atoms with Gasteiger partial charge in [0.05, 0.1) is 5.69 Å². The lowest BCUT2D eigenvalue weighted by molar-refractivity contribution is -0.119. The Morgan fingerprint density at radius 1 is 0.861 bits per heavy atom. The zero-order valence-corrected chi connectivity index (χ0v) is 21.2. The number of para-hydroxylation sites is 1. The minimum absolute atomic E-state index is 0.0214. The molecular formula is C30H36N4O2. The zero-order valence-electron chi connectivity index (χ0n) is 21.2. The van der Waals surface area contributed by atoms with Crippen molar-refractivity contribution in [1.82, 2.24) is 14.7 Å². The fourth-order valence-electron chi connectivity index (χ4n) is 5.13. The Balaban J connectivity index is 1.47. The Morgan fingerprint density at radius 2 is 1.61 bits per heavy atom. The van der Waals surface area contributed by atoms with Crippen molar-refractivity contribution in [1.29, 1.82) is 0 Å². The number of aromatic nitrogens is 2. The third kappa shape index (κ3) is 5.53. The van der Waals surface area contributed by atoms with Crippen LogP contribution in [-0.4, -0.2) is 39.6 Å². The quantitative estimate of drug-likeness (QED) is 0.464. The molecule has 1 aromatic heterocycles. The topological polar surface area (TPSA) is 58.4 Å². The van der Waals surface area contributed by atoms with Gasteiger partial charge in [0.2, 0.25) is 5.91 Å². The van der Waals surface area contributed by atoms with E-state index in [0.29, 0.717) is 18.7 Å². The molecule has 36 heavy (non-hydrogen) atoms. The summed E-state index contributed by atoms with van der Waals surface area (Å²) < 4.78 is 1.81. The zero-order chi connectivity index (χ0) is 24.9. The molecule has 1 aliphatic heterocycles. The van der Waals surface area contributed by atoms with E-state index in [0.717, 1.165) is 67.6 Å². The van der Waals surface area contributed by atoms with Crippen molar-refractivity contribution in [2.45, 2.75) is 64.8 Å². The number of aryl methyl sites for hydroxylation is 1. The number of benzene rings is 2. The van der Waals surface area contributed by atoms with Gasteiger partial charge in [-0.25, -0.2) is 4.68 Å². The van der Waals surface area contributed by atoms with Crippen LogP contribution in [0, 0.1) is 12.8 Å². The number of carbonyl (C=O) groups is 2. The van der Waals surface area contributed by atoms with Crippen molar-refractivity contribution in [2.75, 3.05) is 18.0 Å². The van der Waals surface area contributed by atoms with Crippen molar-refractivity contribution < 1.29 is 9.59 Å². The molecule has 5 rings (SSSR count). The largest absolute Gasteiger partial charge is 0.334 e. The van der Waals surface area contributed by atoms with Gasteiger partial charge in [-0.15, -0.1) is 0 Å². The molecule has 0 spiro atoms. The lowest BCUT2D eigenvalue weighted by atomic mass is 10.1. The van der Waals surface area contributed by atoms with Crippen LogP contribution in [-0.2, 0) is 11.3 Å². The Kier molecular flexibility index (Phi) is 7.49. The molecule has 3 aromatic rings. The minimum Gasteiger partial charge on any atom is -0.334 e. The van der Waals surface area contributed by atoms with Gasteiger partial charge in [-0.05, 0) is 68.0 Å². The average molecular weight is 485 g/mol. The smallest absolute Gasteiger partial charge is 0.254 e. The molecular weight excluding hydrogens is 448 g/mol. The molecule has 0 radical (unpaired) electrons. The van der Waals surface area contributed by atoms with E-state index in [1.54, 1.807) is 6.20 Å². The normalized spacial score (nSPS) is 17.5. The second kappa shape index (κ2) is 11.1. The molecule has 0 saturated heterocycles. The van der Waals surface area contributed by atoms with Crippen LogP contribution in [0.4, 0.5) is 5.69 Å². The number of hydrogen-bond donors (Lipinski definition) is 0. The molecule has 2 amide bonds. The molecule has 1 fully saturated rings. The molecule has 6 nitrogen and oxygen atoms in total. The molecule has 0 N–H and O–H groups in total. The van der Waals surface area contributed by atoms with E-state index in [-0.39, 0.29) is 17.7 Å². The second-order valence-corrected chi connectivity index (χ2v) is 10.2. The summed E-state index contributed by atoms with van der Waals surface area (Å²) in [5.41, 5.74) is 4.66. The first-order valence-corrected chi connectivity index (χ1v) is 13.4. The van der Waals surface area contributed by atoms with Crippen molar-refractivity contribution in [3.8, 4) is 5.69 Å². The van der Waals surface area contributed by atoms with Gasteiger partial charge in [0.1, 0.15) is 0 Å². The molecule has 1 aliphatic carbocycles. The summed E-state index contributed by atoms with van der Waals surface area (Å²) in [6, 6.07) is 15.9. The van der Waals surface area contributed by atoms with Gasteiger partial charge in [-0.1, -0.05) is 49.9 Å². The summed E-state index contributed by atoms with van der Waals surface area (Å²) in [6.45, 7) is 3.99. The number of amides is 2. The van der Waals surface area contributed by atoms with Crippen molar-refractivity contribution >= 4 is 17.5 Å². The van der Waals surface area contributed by atoms with Crippen LogP contribution in [0.25, 0.3) is 5.69 Å². The van der Waals surface area contributed by atoms with Crippen LogP contribution >= 0.6 is 0 Å². The van der Waals surface area contributed by atoms with Crippen molar-refractivity contribution in [2.24, 2.45) is 5.92 Å². The Labute approximate surface area is 213 Å². The van der Waals surface area contributed by atoms with Gasteiger partial charge < -0.3 is 9.80 Å². The molecule has 2 heterocycles. The maximum Gasteiger partial charge on any atom is 0.254 e. The third-order valence-electron chi connectivity index (χ3n) is 7.39. The summed E-state index contributed by atoms with van der Waals surface area (Å²) in [4.78, 5) is 31.1. The molecule has 6 heteroatoms. The van der Waals surface area contributed by atoms with E-state index in [1.807, 2.05) is 64.0 Å². The first-order chi connectivity index (χ1) is 17.6. The third-order valence-corrected chi connectivity index (χ3v) is 7.39. The van der Waals surface area contributed by atoms with Gasteiger partial charge in [0.15, 0.2) is 0 Å². The van der Waals surface area contributed by atoms with E-state index >= 15 is 0 Å². The minimum atomic E-state index is 0.0214. The SMILES string of the molecule is Cc1ccc(C(=O)N2CCCCCCCCN(C(=O)C3CC3)c3ccccc3C2)cc1-n1cccn1. The summed E-state index contributed by atoms with van der Waals surface area (Å²) in [6.07, 6.45) is 12.2. The summed E-state index contributed by atoms with van der Waals surface area (Å²) in [7, 11) is 0. The maximum absolute atomic E-state index is 13.9. The molecule has 0 unspecified atom stereocenters. The highest BCUT2D eigenvalue weighted by Crippen LogP contribution is 2.34. The van der Waals surface area contributed by atoms with Crippen LogP contribution in [0.1, 0.15) is 72.9 Å². The van der Waals surface area contributed by atoms with E-state index in [4.69, 9.17) is 0 Å². The Hall–Kier alpha value is -3.41. The molecule has 0 atom stereocenters. The van der Waals surface area contributed by atoms with E-state index in [2.05, 4.69) is 17.2 Å². The number of hydrogen-bond acceptors (Lipinski definition) is 3. The van der Waals surface area contributed by atoms with Crippen LogP contribution < -0.4 is 4.90 Å². The van der Waals surface area contributed by atoms with Crippen molar-refractivity contribution in [3.63, 3.8) is 0 Å². The van der Waals surface area contributed by atoms with Crippen molar-refractivity contribution in [3.05, 3.63) is 77.6 Å². The van der Waals surface area contributed by atoms with Crippen LogP contribution in [0.2, 0.25) is 0 Å². The molecule has 1 saturated carbocycles. The summed E-state index contributed by atoms with van der Waals surface area (Å²) in [5, 5.41) is 4.37. The van der Waals surface area contributed by atoms with Crippen LogP contribution in [0.3, 0.4) is 0 Å². The second-order valence-electron chi connectivity index (χ2n) is 10.2. The van der Waals surface area contributed by atoms with Gasteiger partial charge in [-0.2, -0.15) is 5.10 Å². The van der Waals surface area contributed by atoms with Gasteiger partial charge in [-0.3, -0.25) is 9.59 Å². The first-order valence-electron chi connectivity index (χ1n) is 13.4. The summed E-state index contributed by atoms with van der Waals surface area (Å²) in [5.74, 6) is 0.436. The highest BCUT2D eigenvalue weighted by Gasteiger charge is 2.34. The average Bonchev–Trinajstić information content (AvgIpc) is 3.60. The van der Waals surface area contributed by atoms with E-state index in [1.165, 1.54) is 12.8 Å². The molecule has 188 valence electrons. The van der Waals surface area contributed by atoms with Gasteiger partial charge >= 0.3 is 0 Å². The number of fused-ring (bicyclic) bond motifs is 1. The summed E-state index contributed by atoms with van der Waals surface area (Å²) >= 11 is 0. The standard InChI is InChI=1S/C30H36N4O2/c1-23-13-14-25(21-28(23)34-20-10-17-31-34)29(35)32-18-8-4-2-3-5-9-19-33(30(36)24-15-16-24)27-12-7-6-11-26(27)22-32/h6-7,10-14,17,20-21,24H,2-5,8-9,15-16,18-19,22H2,1H3. The predicted molar refractivity (Wildman–Crippen MR) is 142 cm³/mol. The van der Waals surface area contributed by atoms with Gasteiger partial charge in [0.25, 0.3) is 5.91 Å².